The molecule has 0 bridgehead atoms. The van der Waals surface area contributed by atoms with Crippen molar-refractivity contribution < 1.29 is 9.18 Å². The Hall–Kier alpha value is -1.10. The van der Waals surface area contributed by atoms with E-state index in [-0.39, 0.29) is 10.9 Å². The van der Waals surface area contributed by atoms with Gasteiger partial charge < -0.3 is 5.32 Å². The molecule has 0 unspecified atom stereocenters. The average Bonchev–Trinajstić information content (AvgIpc) is 2.33. The van der Waals surface area contributed by atoms with E-state index >= 15 is 0 Å². The SMILES string of the molecule is O=C(Nc1c(Cl)cc(F)cc1Br)c1cccc(Cl)c1. The maximum atomic E-state index is 13.1. The van der Waals surface area contributed by atoms with Gasteiger partial charge in [-0.05, 0) is 46.3 Å². The first kappa shape index (κ1) is 14.3. The summed E-state index contributed by atoms with van der Waals surface area (Å²) in [6, 6.07) is 8.83. The van der Waals surface area contributed by atoms with E-state index in [0.717, 1.165) is 6.07 Å². The maximum Gasteiger partial charge on any atom is 0.255 e. The smallest absolute Gasteiger partial charge is 0.255 e. The first-order chi connectivity index (χ1) is 8.97. The summed E-state index contributed by atoms with van der Waals surface area (Å²) in [5, 5.41) is 3.17. The lowest BCUT2D eigenvalue weighted by molar-refractivity contribution is 0.102. The molecule has 0 spiro atoms. The third-order valence-electron chi connectivity index (χ3n) is 2.33. The minimum atomic E-state index is -0.488. The molecule has 0 fully saturated rings. The third kappa shape index (κ3) is 3.47. The molecule has 0 radical (unpaired) electrons. The number of halogens is 4. The first-order valence-corrected chi connectivity index (χ1v) is 6.74. The molecule has 98 valence electrons. The minimum absolute atomic E-state index is 0.113. The van der Waals surface area contributed by atoms with Gasteiger partial charge in [-0.3, -0.25) is 4.79 Å². The zero-order chi connectivity index (χ0) is 14.0. The molecule has 0 aliphatic carbocycles. The van der Waals surface area contributed by atoms with Gasteiger partial charge in [-0.2, -0.15) is 0 Å². The van der Waals surface area contributed by atoms with Crippen LogP contribution in [-0.4, -0.2) is 5.91 Å². The topological polar surface area (TPSA) is 29.1 Å². The Kier molecular flexibility index (Phi) is 4.45. The Bertz CT molecular complexity index is 625. The Labute approximate surface area is 127 Å². The van der Waals surface area contributed by atoms with Gasteiger partial charge in [0.15, 0.2) is 0 Å². The molecule has 1 N–H and O–H groups in total. The van der Waals surface area contributed by atoms with E-state index in [1.54, 1.807) is 18.2 Å². The highest BCUT2D eigenvalue weighted by Crippen LogP contribution is 2.32. The van der Waals surface area contributed by atoms with E-state index in [1.807, 2.05) is 0 Å². The quantitative estimate of drug-likeness (QED) is 0.786. The van der Waals surface area contributed by atoms with Gasteiger partial charge in [0.1, 0.15) is 5.82 Å². The highest BCUT2D eigenvalue weighted by molar-refractivity contribution is 9.10. The maximum absolute atomic E-state index is 13.1. The Morgan fingerprint density at radius 2 is 1.95 bits per heavy atom. The fourth-order valence-corrected chi connectivity index (χ4v) is 2.57. The Morgan fingerprint density at radius 3 is 2.58 bits per heavy atom. The van der Waals surface area contributed by atoms with Crippen LogP contribution in [0.3, 0.4) is 0 Å². The monoisotopic (exact) mass is 361 g/mol. The van der Waals surface area contributed by atoms with Gasteiger partial charge in [0.05, 0.1) is 10.7 Å². The number of hydrogen-bond acceptors (Lipinski definition) is 1. The highest BCUT2D eigenvalue weighted by Gasteiger charge is 2.13. The molecule has 1 amide bonds. The molecule has 2 aromatic rings. The number of carbonyl (C=O) groups excluding carboxylic acids is 1. The van der Waals surface area contributed by atoms with Crippen molar-refractivity contribution in [2.45, 2.75) is 0 Å². The van der Waals surface area contributed by atoms with Gasteiger partial charge in [-0.1, -0.05) is 29.3 Å². The summed E-state index contributed by atoms with van der Waals surface area (Å²) in [4.78, 5) is 12.0. The van der Waals surface area contributed by atoms with Crippen LogP contribution in [-0.2, 0) is 0 Å². The largest absolute Gasteiger partial charge is 0.320 e. The molecule has 2 aromatic carbocycles. The van der Waals surface area contributed by atoms with E-state index < -0.39 is 5.82 Å². The summed E-state index contributed by atoms with van der Waals surface area (Å²) in [5.74, 6) is -0.866. The fraction of sp³-hybridized carbons (Fsp3) is 0. The Morgan fingerprint density at radius 1 is 1.21 bits per heavy atom. The predicted molar refractivity (Wildman–Crippen MR) is 78.5 cm³/mol. The number of amides is 1. The van der Waals surface area contributed by atoms with Crippen LogP contribution < -0.4 is 5.32 Å². The molecule has 19 heavy (non-hydrogen) atoms. The molecule has 2 rings (SSSR count). The summed E-state index contributed by atoms with van der Waals surface area (Å²) in [5.41, 5.74) is 0.702. The molecule has 0 aliphatic rings. The highest BCUT2D eigenvalue weighted by atomic mass is 79.9. The minimum Gasteiger partial charge on any atom is -0.320 e. The number of nitrogens with one attached hydrogen (secondary N) is 1. The number of rotatable bonds is 2. The lowest BCUT2D eigenvalue weighted by Crippen LogP contribution is -2.12. The van der Waals surface area contributed by atoms with E-state index in [4.69, 9.17) is 23.2 Å². The number of carbonyl (C=O) groups is 1. The van der Waals surface area contributed by atoms with Gasteiger partial charge in [0.25, 0.3) is 5.91 Å². The van der Waals surface area contributed by atoms with Crippen LogP contribution in [0.25, 0.3) is 0 Å². The van der Waals surface area contributed by atoms with Gasteiger partial charge in [-0.15, -0.1) is 0 Å². The summed E-state index contributed by atoms with van der Waals surface area (Å²) in [6.07, 6.45) is 0. The molecule has 0 aromatic heterocycles. The van der Waals surface area contributed by atoms with Crippen molar-refractivity contribution in [1.29, 1.82) is 0 Å². The van der Waals surface area contributed by atoms with Crippen molar-refractivity contribution in [2.24, 2.45) is 0 Å². The molecule has 0 saturated carbocycles. The second-order valence-corrected chi connectivity index (χ2v) is 5.41. The average molecular weight is 363 g/mol. The van der Waals surface area contributed by atoms with Crippen LogP contribution in [0.4, 0.5) is 10.1 Å². The van der Waals surface area contributed by atoms with Crippen molar-refractivity contribution in [1.82, 2.24) is 0 Å². The van der Waals surface area contributed by atoms with Crippen molar-refractivity contribution in [2.75, 3.05) is 5.32 Å². The lowest BCUT2D eigenvalue weighted by atomic mass is 10.2. The number of anilines is 1. The molecule has 0 aliphatic heterocycles. The summed E-state index contributed by atoms with van der Waals surface area (Å²) >= 11 is 14.8. The third-order valence-corrected chi connectivity index (χ3v) is 3.49. The van der Waals surface area contributed by atoms with Gasteiger partial charge in [-0.25, -0.2) is 4.39 Å². The Balaban J connectivity index is 2.29. The zero-order valence-electron chi connectivity index (χ0n) is 9.38. The van der Waals surface area contributed by atoms with Crippen LogP contribution in [0.1, 0.15) is 10.4 Å². The van der Waals surface area contributed by atoms with Crippen molar-refractivity contribution in [3.8, 4) is 0 Å². The van der Waals surface area contributed by atoms with E-state index in [9.17, 15) is 9.18 Å². The molecule has 2 nitrogen and oxygen atoms in total. The molecule has 0 saturated heterocycles. The second kappa shape index (κ2) is 5.90. The first-order valence-electron chi connectivity index (χ1n) is 5.19. The van der Waals surface area contributed by atoms with E-state index in [1.165, 1.54) is 12.1 Å². The van der Waals surface area contributed by atoms with Crippen molar-refractivity contribution in [3.05, 3.63) is 62.3 Å². The van der Waals surface area contributed by atoms with Gasteiger partial charge >= 0.3 is 0 Å². The van der Waals surface area contributed by atoms with Gasteiger partial charge in [0.2, 0.25) is 0 Å². The standard InChI is InChI=1S/C13H7BrCl2FNO/c14-10-5-9(17)6-11(16)12(10)18-13(19)7-2-1-3-8(15)4-7/h1-6H,(H,18,19). The normalized spacial score (nSPS) is 10.3. The molecular weight excluding hydrogens is 356 g/mol. The summed E-state index contributed by atoms with van der Waals surface area (Å²) < 4.78 is 13.4. The van der Waals surface area contributed by atoms with Crippen molar-refractivity contribution >= 4 is 50.7 Å². The second-order valence-electron chi connectivity index (χ2n) is 3.71. The van der Waals surface area contributed by atoms with Crippen LogP contribution >= 0.6 is 39.1 Å². The van der Waals surface area contributed by atoms with Crippen LogP contribution in [0.5, 0.6) is 0 Å². The summed E-state index contributed by atoms with van der Waals surface area (Å²) in [7, 11) is 0. The van der Waals surface area contributed by atoms with Gasteiger partial charge in [0, 0.05) is 15.1 Å². The number of hydrogen-bond donors (Lipinski definition) is 1. The van der Waals surface area contributed by atoms with Crippen LogP contribution in [0.2, 0.25) is 10.0 Å². The fourth-order valence-electron chi connectivity index (χ4n) is 1.48. The lowest BCUT2D eigenvalue weighted by Gasteiger charge is -2.10. The predicted octanol–water partition coefficient (Wildman–Crippen LogP) is 5.15. The van der Waals surface area contributed by atoms with Crippen LogP contribution in [0.15, 0.2) is 40.9 Å². The molecule has 0 atom stereocenters. The zero-order valence-corrected chi connectivity index (χ0v) is 12.5. The molecular formula is C13H7BrCl2FNO. The van der Waals surface area contributed by atoms with E-state index in [2.05, 4.69) is 21.2 Å². The van der Waals surface area contributed by atoms with Crippen LogP contribution in [0, 0.1) is 5.82 Å². The summed E-state index contributed by atoms with van der Waals surface area (Å²) in [6.45, 7) is 0. The number of benzene rings is 2. The van der Waals surface area contributed by atoms with Crippen molar-refractivity contribution in [3.63, 3.8) is 0 Å². The van der Waals surface area contributed by atoms with E-state index in [0.29, 0.717) is 20.7 Å². The molecule has 0 heterocycles. The molecule has 6 heteroatoms.